The first-order valence-electron chi connectivity index (χ1n) is 7.53. The molecule has 0 fully saturated rings. The third-order valence-electron chi connectivity index (χ3n) is 3.96. The van der Waals surface area contributed by atoms with E-state index in [-0.39, 0.29) is 6.03 Å². The fourth-order valence-corrected chi connectivity index (χ4v) is 3.90. The quantitative estimate of drug-likeness (QED) is 0.837. The lowest BCUT2D eigenvalue weighted by Gasteiger charge is -2.14. The van der Waals surface area contributed by atoms with Gasteiger partial charge in [-0.1, -0.05) is 25.1 Å². The number of benzene rings is 1. The Hall–Kier alpha value is -1.81. The van der Waals surface area contributed by atoms with Crippen LogP contribution in [0.3, 0.4) is 0 Å². The highest BCUT2D eigenvalue weighted by Gasteiger charge is 2.17. The summed E-state index contributed by atoms with van der Waals surface area (Å²) in [4.78, 5) is 13.7. The van der Waals surface area contributed by atoms with Gasteiger partial charge in [0.25, 0.3) is 0 Å². The summed E-state index contributed by atoms with van der Waals surface area (Å²) in [7, 11) is 0. The molecule has 1 aromatic carbocycles. The first-order valence-corrected chi connectivity index (χ1v) is 8.41. The molecule has 3 rings (SSSR count). The van der Waals surface area contributed by atoms with Gasteiger partial charge in [0.05, 0.1) is 5.69 Å². The molecule has 0 bridgehead atoms. The predicted octanol–water partition coefficient (Wildman–Crippen LogP) is 4.83. The molecule has 3 nitrogen and oxygen atoms in total. The highest BCUT2D eigenvalue weighted by atomic mass is 32.1. The minimum atomic E-state index is -0.151. The average molecular weight is 300 g/mol. The molecule has 1 aliphatic rings. The number of nitrogens with one attached hydrogen (secondary N) is 2. The van der Waals surface area contributed by atoms with Gasteiger partial charge in [-0.15, -0.1) is 11.3 Å². The molecule has 0 atom stereocenters. The Morgan fingerprint density at radius 1 is 1.14 bits per heavy atom. The number of carbonyl (C=O) groups is 1. The molecule has 0 spiro atoms. The van der Waals surface area contributed by atoms with Crippen molar-refractivity contribution in [2.24, 2.45) is 0 Å². The van der Waals surface area contributed by atoms with E-state index in [2.05, 4.69) is 22.9 Å². The fourth-order valence-electron chi connectivity index (χ4n) is 2.83. The zero-order valence-electron chi connectivity index (χ0n) is 12.2. The van der Waals surface area contributed by atoms with Crippen LogP contribution in [0.4, 0.5) is 16.2 Å². The van der Waals surface area contributed by atoms with Crippen molar-refractivity contribution < 1.29 is 4.79 Å². The molecular weight excluding hydrogens is 280 g/mol. The minimum Gasteiger partial charge on any atom is -0.307 e. The number of thiophene rings is 1. The zero-order valence-corrected chi connectivity index (χ0v) is 13.1. The first-order chi connectivity index (χ1) is 10.3. The molecule has 0 saturated carbocycles. The van der Waals surface area contributed by atoms with Crippen LogP contribution < -0.4 is 10.6 Å². The Kier molecular flexibility index (Phi) is 4.25. The SMILES string of the molecule is CCc1ccccc1NC(=O)Nc1csc2c1CCCC2. The van der Waals surface area contributed by atoms with Gasteiger partial charge >= 0.3 is 6.03 Å². The summed E-state index contributed by atoms with van der Waals surface area (Å²) in [5.41, 5.74) is 4.37. The lowest BCUT2D eigenvalue weighted by atomic mass is 9.98. The Labute approximate surface area is 129 Å². The van der Waals surface area contributed by atoms with Crippen LogP contribution in [-0.2, 0) is 19.3 Å². The minimum absolute atomic E-state index is 0.151. The van der Waals surface area contributed by atoms with E-state index in [1.807, 2.05) is 24.3 Å². The van der Waals surface area contributed by atoms with Gasteiger partial charge < -0.3 is 10.6 Å². The van der Waals surface area contributed by atoms with Gasteiger partial charge in [0.1, 0.15) is 0 Å². The molecule has 110 valence electrons. The second-order valence-corrected chi connectivity index (χ2v) is 6.31. The third kappa shape index (κ3) is 3.10. The van der Waals surface area contributed by atoms with Crippen molar-refractivity contribution in [3.8, 4) is 0 Å². The van der Waals surface area contributed by atoms with Crippen molar-refractivity contribution in [2.45, 2.75) is 39.0 Å². The summed E-state index contributed by atoms with van der Waals surface area (Å²) in [6.45, 7) is 2.09. The van der Waals surface area contributed by atoms with Crippen LogP contribution in [0.25, 0.3) is 0 Å². The van der Waals surface area contributed by atoms with Crippen molar-refractivity contribution >= 4 is 28.7 Å². The molecule has 0 aliphatic heterocycles. The lowest BCUT2D eigenvalue weighted by molar-refractivity contribution is 0.262. The molecule has 0 saturated heterocycles. The smallest absolute Gasteiger partial charge is 0.307 e. The number of anilines is 2. The van der Waals surface area contributed by atoms with Crippen LogP contribution >= 0.6 is 11.3 Å². The Bertz CT molecular complexity index is 648. The van der Waals surface area contributed by atoms with Crippen LogP contribution in [0, 0.1) is 0 Å². The molecule has 2 amide bonds. The van der Waals surface area contributed by atoms with E-state index >= 15 is 0 Å². The Morgan fingerprint density at radius 3 is 2.76 bits per heavy atom. The van der Waals surface area contributed by atoms with Crippen molar-refractivity contribution in [3.63, 3.8) is 0 Å². The molecule has 1 heterocycles. The van der Waals surface area contributed by atoms with E-state index in [4.69, 9.17) is 0 Å². The van der Waals surface area contributed by atoms with E-state index in [1.165, 1.54) is 23.3 Å². The summed E-state index contributed by atoms with van der Waals surface area (Å²) in [6, 6.07) is 7.78. The summed E-state index contributed by atoms with van der Waals surface area (Å²) >= 11 is 1.77. The van der Waals surface area contributed by atoms with Gasteiger partial charge in [0, 0.05) is 15.9 Å². The number of hydrogen-bond donors (Lipinski definition) is 2. The maximum Gasteiger partial charge on any atom is 0.323 e. The van der Waals surface area contributed by atoms with Crippen molar-refractivity contribution in [1.29, 1.82) is 0 Å². The number of para-hydroxylation sites is 1. The first kappa shape index (κ1) is 14.1. The third-order valence-corrected chi connectivity index (χ3v) is 5.04. The normalized spacial score (nSPS) is 13.6. The van der Waals surface area contributed by atoms with Crippen molar-refractivity contribution in [3.05, 3.63) is 45.6 Å². The summed E-state index contributed by atoms with van der Waals surface area (Å²) in [5, 5.41) is 8.04. The molecule has 0 radical (unpaired) electrons. The monoisotopic (exact) mass is 300 g/mol. The van der Waals surface area contributed by atoms with E-state index < -0.39 is 0 Å². The maximum atomic E-state index is 12.2. The zero-order chi connectivity index (χ0) is 14.7. The summed E-state index contributed by atoms with van der Waals surface area (Å²) in [6.07, 6.45) is 5.63. The summed E-state index contributed by atoms with van der Waals surface area (Å²) < 4.78 is 0. The molecule has 2 aromatic rings. The maximum absolute atomic E-state index is 12.2. The van der Waals surface area contributed by atoms with Gasteiger partial charge in [-0.05, 0) is 49.3 Å². The molecule has 2 N–H and O–H groups in total. The molecule has 0 unspecified atom stereocenters. The Morgan fingerprint density at radius 2 is 1.90 bits per heavy atom. The standard InChI is InChI=1S/C17H20N2OS/c1-2-12-7-3-5-9-14(12)18-17(20)19-15-11-21-16-10-6-4-8-13(15)16/h3,5,7,9,11H,2,4,6,8,10H2,1H3,(H2,18,19,20). The number of fused-ring (bicyclic) bond motifs is 1. The predicted molar refractivity (Wildman–Crippen MR) is 89.4 cm³/mol. The number of carbonyl (C=O) groups excluding carboxylic acids is 1. The van der Waals surface area contributed by atoms with Crippen LogP contribution in [-0.4, -0.2) is 6.03 Å². The molecular formula is C17H20N2OS. The van der Waals surface area contributed by atoms with E-state index in [1.54, 1.807) is 11.3 Å². The molecule has 1 aliphatic carbocycles. The van der Waals surface area contributed by atoms with Crippen LogP contribution in [0.1, 0.15) is 35.8 Å². The lowest BCUT2D eigenvalue weighted by Crippen LogP contribution is -2.21. The van der Waals surface area contributed by atoms with E-state index in [0.717, 1.165) is 36.2 Å². The highest BCUT2D eigenvalue weighted by Crippen LogP contribution is 2.33. The van der Waals surface area contributed by atoms with E-state index in [0.29, 0.717) is 0 Å². The molecule has 4 heteroatoms. The highest BCUT2D eigenvalue weighted by molar-refractivity contribution is 7.10. The number of hydrogen-bond acceptors (Lipinski definition) is 2. The van der Waals surface area contributed by atoms with Crippen molar-refractivity contribution in [2.75, 3.05) is 10.6 Å². The van der Waals surface area contributed by atoms with E-state index in [9.17, 15) is 4.79 Å². The molecule has 1 aromatic heterocycles. The largest absolute Gasteiger partial charge is 0.323 e. The number of amides is 2. The van der Waals surface area contributed by atoms with Crippen molar-refractivity contribution in [1.82, 2.24) is 0 Å². The molecule has 21 heavy (non-hydrogen) atoms. The van der Waals surface area contributed by atoms with Gasteiger partial charge in [0.15, 0.2) is 0 Å². The van der Waals surface area contributed by atoms with Crippen LogP contribution in [0.5, 0.6) is 0 Å². The number of urea groups is 1. The number of aryl methyl sites for hydroxylation is 2. The van der Waals surface area contributed by atoms with Gasteiger partial charge in [-0.25, -0.2) is 4.79 Å². The number of rotatable bonds is 3. The average Bonchev–Trinajstić information content (AvgIpc) is 2.91. The van der Waals surface area contributed by atoms with Crippen LogP contribution in [0.2, 0.25) is 0 Å². The van der Waals surface area contributed by atoms with Gasteiger partial charge in [-0.3, -0.25) is 0 Å². The summed E-state index contributed by atoms with van der Waals surface area (Å²) in [5.74, 6) is 0. The topological polar surface area (TPSA) is 41.1 Å². The van der Waals surface area contributed by atoms with Gasteiger partial charge in [-0.2, -0.15) is 0 Å². The van der Waals surface area contributed by atoms with Gasteiger partial charge in [0.2, 0.25) is 0 Å². The second-order valence-electron chi connectivity index (χ2n) is 5.35. The second kappa shape index (κ2) is 6.31. The fraction of sp³-hybridized carbons (Fsp3) is 0.353. The van der Waals surface area contributed by atoms with Crippen LogP contribution in [0.15, 0.2) is 29.6 Å². The Balaban J connectivity index is 1.71.